The van der Waals surface area contributed by atoms with Crippen LogP contribution >= 0.6 is 11.3 Å². The van der Waals surface area contributed by atoms with Crippen LogP contribution in [0.25, 0.3) is 0 Å². The third-order valence-corrected chi connectivity index (χ3v) is 3.77. The average molecular weight is 245 g/mol. The fraction of sp³-hybridized carbons (Fsp3) is 0.333. The lowest BCUT2D eigenvalue weighted by atomic mass is 9.99. The molecule has 1 nitrogen and oxygen atoms in total. The van der Waals surface area contributed by atoms with E-state index in [1.807, 2.05) is 7.05 Å². The Balaban J connectivity index is 2.00. The maximum absolute atomic E-state index is 3.41. The number of hydrogen-bond donors (Lipinski definition) is 1. The fourth-order valence-corrected chi connectivity index (χ4v) is 2.77. The first kappa shape index (κ1) is 12.3. The molecule has 2 aromatic rings. The van der Waals surface area contributed by atoms with E-state index < -0.39 is 0 Å². The van der Waals surface area contributed by atoms with Gasteiger partial charge in [0.25, 0.3) is 0 Å². The number of likely N-dealkylation sites (N-methyl/N-ethyl adjacent to an activating group) is 1. The minimum Gasteiger partial charge on any atom is -0.316 e. The van der Waals surface area contributed by atoms with E-state index in [0.717, 1.165) is 12.8 Å². The smallest absolute Gasteiger partial charge is 0.0145 e. The molecule has 1 atom stereocenters. The molecular formula is C15H19NS. The van der Waals surface area contributed by atoms with E-state index in [1.165, 1.54) is 16.7 Å². The summed E-state index contributed by atoms with van der Waals surface area (Å²) in [6.45, 7) is 2.15. The lowest BCUT2D eigenvalue weighted by Crippen LogP contribution is -2.29. The van der Waals surface area contributed by atoms with Crippen LogP contribution in [-0.2, 0) is 12.8 Å². The standard InChI is InChI=1S/C15H19NS/c1-12-4-3-5-13(8-12)9-15(16-2)10-14-6-7-17-11-14/h3-8,11,15-16H,9-10H2,1-2H3. The summed E-state index contributed by atoms with van der Waals surface area (Å²) in [5, 5.41) is 7.80. The predicted molar refractivity (Wildman–Crippen MR) is 75.8 cm³/mol. The second-order valence-corrected chi connectivity index (χ2v) is 5.29. The van der Waals surface area contributed by atoms with Crippen LogP contribution in [0.2, 0.25) is 0 Å². The molecule has 0 saturated heterocycles. The van der Waals surface area contributed by atoms with Crippen LogP contribution in [0.3, 0.4) is 0 Å². The zero-order chi connectivity index (χ0) is 12.1. The summed E-state index contributed by atoms with van der Waals surface area (Å²) >= 11 is 1.77. The maximum Gasteiger partial charge on any atom is 0.0145 e. The summed E-state index contributed by atoms with van der Waals surface area (Å²) < 4.78 is 0. The summed E-state index contributed by atoms with van der Waals surface area (Å²) in [5.41, 5.74) is 4.19. The highest BCUT2D eigenvalue weighted by molar-refractivity contribution is 7.07. The molecule has 0 aliphatic rings. The predicted octanol–water partition coefficient (Wildman–Crippen LogP) is 3.43. The van der Waals surface area contributed by atoms with Crippen LogP contribution in [0, 0.1) is 6.92 Å². The Hall–Kier alpha value is -1.12. The maximum atomic E-state index is 3.41. The third kappa shape index (κ3) is 3.69. The van der Waals surface area contributed by atoms with Crippen LogP contribution in [-0.4, -0.2) is 13.1 Å². The van der Waals surface area contributed by atoms with Gasteiger partial charge in [-0.25, -0.2) is 0 Å². The first-order valence-electron chi connectivity index (χ1n) is 6.02. The topological polar surface area (TPSA) is 12.0 Å². The highest BCUT2D eigenvalue weighted by Crippen LogP contribution is 2.12. The van der Waals surface area contributed by atoms with Gasteiger partial charge in [0.1, 0.15) is 0 Å². The lowest BCUT2D eigenvalue weighted by Gasteiger charge is -2.15. The minimum atomic E-state index is 0.520. The van der Waals surface area contributed by atoms with Gasteiger partial charge in [-0.2, -0.15) is 11.3 Å². The van der Waals surface area contributed by atoms with E-state index in [9.17, 15) is 0 Å². The van der Waals surface area contributed by atoms with Crippen molar-refractivity contribution in [3.05, 3.63) is 57.8 Å². The Kier molecular flexibility index (Phi) is 4.35. The van der Waals surface area contributed by atoms with Gasteiger partial charge in [0.05, 0.1) is 0 Å². The van der Waals surface area contributed by atoms with Crippen molar-refractivity contribution >= 4 is 11.3 Å². The molecule has 90 valence electrons. The van der Waals surface area contributed by atoms with E-state index in [4.69, 9.17) is 0 Å². The van der Waals surface area contributed by atoms with Gasteiger partial charge >= 0.3 is 0 Å². The van der Waals surface area contributed by atoms with Crippen LogP contribution < -0.4 is 5.32 Å². The molecule has 1 aromatic heterocycles. The second kappa shape index (κ2) is 5.99. The number of aryl methyl sites for hydroxylation is 1. The van der Waals surface area contributed by atoms with Crippen LogP contribution in [0.15, 0.2) is 41.1 Å². The number of nitrogens with one attached hydrogen (secondary N) is 1. The van der Waals surface area contributed by atoms with Crippen molar-refractivity contribution in [3.8, 4) is 0 Å². The number of benzene rings is 1. The molecule has 1 N–H and O–H groups in total. The zero-order valence-corrected chi connectivity index (χ0v) is 11.3. The van der Waals surface area contributed by atoms with E-state index in [2.05, 4.69) is 53.3 Å². The van der Waals surface area contributed by atoms with E-state index in [0.29, 0.717) is 6.04 Å². The molecule has 0 radical (unpaired) electrons. The minimum absolute atomic E-state index is 0.520. The Bertz CT molecular complexity index is 448. The van der Waals surface area contributed by atoms with Crippen LogP contribution in [0.5, 0.6) is 0 Å². The lowest BCUT2D eigenvalue weighted by molar-refractivity contribution is 0.557. The van der Waals surface area contributed by atoms with Crippen LogP contribution in [0.1, 0.15) is 16.7 Å². The Labute approximate surface area is 108 Å². The van der Waals surface area contributed by atoms with Gasteiger partial charge in [-0.15, -0.1) is 0 Å². The van der Waals surface area contributed by atoms with Gasteiger partial charge < -0.3 is 5.32 Å². The van der Waals surface area contributed by atoms with Gasteiger partial charge in [-0.1, -0.05) is 29.8 Å². The summed E-state index contributed by atoms with van der Waals surface area (Å²) in [7, 11) is 2.05. The van der Waals surface area contributed by atoms with Crippen molar-refractivity contribution in [3.63, 3.8) is 0 Å². The zero-order valence-electron chi connectivity index (χ0n) is 10.4. The third-order valence-electron chi connectivity index (χ3n) is 3.04. The van der Waals surface area contributed by atoms with Gasteiger partial charge in [0.15, 0.2) is 0 Å². The Morgan fingerprint density at radius 2 is 2.00 bits per heavy atom. The van der Waals surface area contributed by atoms with Crippen molar-refractivity contribution in [1.29, 1.82) is 0 Å². The SMILES string of the molecule is CNC(Cc1ccsc1)Cc1cccc(C)c1. The monoisotopic (exact) mass is 245 g/mol. The van der Waals surface area contributed by atoms with Crippen molar-refractivity contribution in [2.75, 3.05) is 7.05 Å². The number of hydrogen-bond acceptors (Lipinski definition) is 2. The quantitative estimate of drug-likeness (QED) is 0.851. The first-order valence-corrected chi connectivity index (χ1v) is 6.96. The summed E-state index contributed by atoms with van der Waals surface area (Å²) in [4.78, 5) is 0. The molecule has 0 aliphatic carbocycles. The van der Waals surface area contributed by atoms with Gasteiger partial charge in [-0.3, -0.25) is 0 Å². The highest BCUT2D eigenvalue weighted by Gasteiger charge is 2.08. The van der Waals surface area contributed by atoms with Crippen molar-refractivity contribution in [2.45, 2.75) is 25.8 Å². The molecule has 2 heteroatoms. The van der Waals surface area contributed by atoms with E-state index in [-0.39, 0.29) is 0 Å². The fourth-order valence-electron chi connectivity index (χ4n) is 2.09. The highest BCUT2D eigenvalue weighted by atomic mass is 32.1. The molecule has 0 amide bonds. The van der Waals surface area contributed by atoms with Gasteiger partial charge in [-0.05, 0) is 54.8 Å². The van der Waals surface area contributed by atoms with E-state index >= 15 is 0 Å². The Morgan fingerprint density at radius 3 is 2.65 bits per heavy atom. The molecule has 0 saturated carbocycles. The number of rotatable bonds is 5. The molecule has 1 unspecified atom stereocenters. The molecule has 0 bridgehead atoms. The molecule has 0 fully saturated rings. The largest absolute Gasteiger partial charge is 0.316 e. The summed E-state index contributed by atoms with van der Waals surface area (Å²) in [6, 6.07) is 11.5. The number of thiophene rings is 1. The second-order valence-electron chi connectivity index (χ2n) is 4.51. The molecule has 1 heterocycles. The first-order chi connectivity index (χ1) is 8.28. The summed E-state index contributed by atoms with van der Waals surface area (Å²) in [5.74, 6) is 0. The molecule has 0 aliphatic heterocycles. The van der Waals surface area contributed by atoms with Crippen molar-refractivity contribution in [1.82, 2.24) is 5.32 Å². The van der Waals surface area contributed by atoms with E-state index in [1.54, 1.807) is 11.3 Å². The van der Waals surface area contributed by atoms with Crippen molar-refractivity contribution < 1.29 is 0 Å². The van der Waals surface area contributed by atoms with Gasteiger partial charge in [0, 0.05) is 6.04 Å². The Morgan fingerprint density at radius 1 is 1.18 bits per heavy atom. The molecular weight excluding hydrogens is 226 g/mol. The average Bonchev–Trinajstić information content (AvgIpc) is 2.81. The molecule has 2 rings (SSSR count). The summed E-state index contributed by atoms with van der Waals surface area (Å²) in [6.07, 6.45) is 2.20. The normalized spacial score (nSPS) is 12.6. The molecule has 17 heavy (non-hydrogen) atoms. The van der Waals surface area contributed by atoms with Gasteiger partial charge in [0.2, 0.25) is 0 Å². The molecule has 0 spiro atoms. The molecule has 1 aromatic carbocycles. The van der Waals surface area contributed by atoms with Crippen molar-refractivity contribution in [2.24, 2.45) is 0 Å². The van der Waals surface area contributed by atoms with Crippen LogP contribution in [0.4, 0.5) is 0 Å².